The number of nitrogens with one attached hydrogen (secondary N) is 1. The van der Waals surface area contributed by atoms with Gasteiger partial charge in [0.25, 0.3) is 0 Å². The summed E-state index contributed by atoms with van der Waals surface area (Å²) in [6, 6.07) is 5.54. The van der Waals surface area contributed by atoms with Crippen molar-refractivity contribution in [3.05, 3.63) is 22.8 Å². The summed E-state index contributed by atoms with van der Waals surface area (Å²) in [6.07, 6.45) is 0. The van der Waals surface area contributed by atoms with Crippen molar-refractivity contribution >= 4 is 27.7 Å². The lowest BCUT2D eigenvalue weighted by molar-refractivity contribution is -0.125. The minimum atomic E-state index is -0.579. The molecule has 0 radical (unpaired) electrons. The summed E-state index contributed by atoms with van der Waals surface area (Å²) in [5, 5.41) is 3.07. The van der Waals surface area contributed by atoms with Gasteiger partial charge in [0, 0.05) is 6.54 Å². The van der Waals surface area contributed by atoms with Gasteiger partial charge in [-0.1, -0.05) is 6.07 Å². The van der Waals surface area contributed by atoms with Crippen LogP contribution in [0.1, 0.15) is 13.8 Å². The first-order valence-electron chi connectivity index (χ1n) is 4.58. The number of carbonyl (C=O) groups excluding carboxylic acids is 1. The summed E-state index contributed by atoms with van der Waals surface area (Å²) in [5.74, 6) is 0.392. The van der Waals surface area contributed by atoms with Crippen molar-refractivity contribution in [2.24, 2.45) is 11.1 Å². The Labute approximate surface area is 97.4 Å². The highest BCUT2D eigenvalue weighted by Crippen LogP contribution is 2.16. The number of anilines is 1. The van der Waals surface area contributed by atoms with Gasteiger partial charge in [-0.25, -0.2) is 4.98 Å². The van der Waals surface area contributed by atoms with E-state index in [-0.39, 0.29) is 5.91 Å². The van der Waals surface area contributed by atoms with E-state index >= 15 is 0 Å². The summed E-state index contributed by atoms with van der Waals surface area (Å²) >= 11 is 3.27. The van der Waals surface area contributed by atoms with E-state index in [1.54, 1.807) is 13.8 Å². The number of halogens is 1. The number of aromatic nitrogens is 1. The maximum atomic E-state index is 11.1. The van der Waals surface area contributed by atoms with Crippen LogP contribution < -0.4 is 11.1 Å². The van der Waals surface area contributed by atoms with Crippen LogP contribution >= 0.6 is 15.9 Å². The zero-order chi connectivity index (χ0) is 11.5. The van der Waals surface area contributed by atoms with Gasteiger partial charge in [-0.15, -0.1) is 0 Å². The van der Waals surface area contributed by atoms with Crippen molar-refractivity contribution in [2.45, 2.75) is 13.8 Å². The summed E-state index contributed by atoms with van der Waals surface area (Å²) in [5.41, 5.74) is 4.68. The number of rotatable bonds is 4. The molecular formula is C10H14BrN3O. The Morgan fingerprint density at radius 1 is 1.60 bits per heavy atom. The number of nitrogens with zero attached hydrogens (tertiary/aromatic N) is 1. The second kappa shape index (κ2) is 4.61. The van der Waals surface area contributed by atoms with Crippen LogP contribution in [0, 0.1) is 5.41 Å². The van der Waals surface area contributed by atoms with Gasteiger partial charge in [-0.3, -0.25) is 4.79 Å². The Hall–Kier alpha value is -1.10. The molecule has 0 unspecified atom stereocenters. The van der Waals surface area contributed by atoms with Crippen LogP contribution in [0.5, 0.6) is 0 Å². The van der Waals surface area contributed by atoms with Crippen molar-refractivity contribution in [1.82, 2.24) is 4.98 Å². The van der Waals surface area contributed by atoms with E-state index in [1.807, 2.05) is 18.2 Å². The molecule has 0 atom stereocenters. The first-order chi connectivity index (χ1) is 6.92. The monoisotopic (exact) mass is 271 g/mol. The van der Waals surface area contributed by atoms with E-state index in [4.69, 9.17) is 5.73 Å². The van der Waals surface area contributed by atoms with E-state index < -0.39 is 5.41 Å². The fourth-order valence-corrected chi connectivity index (χ4v) is 1.25. The Balaban J connectivity index is 2.61. The molecule has 0 aliphatic rings. The second-order valence-corrected chi connectivity index (χ2v) is 4.76. The third kappa shape index (κ3) is 3.51. The van der Waals surface area contributed by atoms with Gasteiger partial charge in [0.15, 0.2) is 0 Å². The van der Waals surface area contributed by atoms with Gasteiger partial charge < -0.3 is 11.1 Å². The molecule has 0 saturated carbocycles. The van der Waals surface area contributed by atoms with Crippen LogP contribution in [0.3, 0.4) is 0 Å². The molecule has 0 aromatic carbocycles. The number of hydrogen-bond acceptors (Lipinski definition) is 3. The molecule has 0 saturated heterocycles. The molecular weight excluding hydrogens is 258 g/mol. The molecule has 5 heteroatoms. The first-order valence-corrected chi connectivity index (χ1v) is 5.37. The molecule has 1 heterocycles. The Bertz CT molecular complexity index is 365. The third-order valence-corrected chi connectivity index (χ3v) is 2.54. The predicted molar refractivity (Wildman–Crippen MR) is 63.4 cm³/mol. The van der Waals surface area contributed by atoms with Gasteiger partial charge in [-0.05, 0) is 41.9 Å². The molecule has 1 aromatic heterocycles. The summed E-state index contributed by atoms with van der Waals surface area (Å²) in [7, 11) is 0. The molecule has 0 aliphatic carbocycles. The van der Waals surface area contributed by atoms with E-state index in [1.165, 1.54) is 0 Å². The minimum Gasteiger partial charge on any atom is -0.369 e. The maximum absolute atomic E-state index is 11.1. The maximum Gasteiger partial charge on any atom is 0.224 e. The average molecular weight is 272 g/mol. The predicted octanol–water partition coefficient (Wildman–Crippen LogP) is 1.77. The molecule has 1 aromatic rings. The number of pyridine rings is 1. The van der Waals surface area contributed by atoms with Gasteiger partial charge in [0.1, 0.15) is 10.4 Å². The number of hydrogen-bond donors (Lipinski definition) is 2. The minimum absolute atomic E-state index is 0.329. The summed E-state index contributed by atoms with van der Waals surface area (Å²) < 4.78 is 0.754. The third-order valence-electron chi connectivity index (χ3n) is 2.09. The lowest BCUT2D eigenvalue weighted by Gasteiger charge is -2.20. The lowest BCUT2D eigenvalue weighted by Crippen LogP contribution is -2.37. The largest absolute Gasteiger partial charge is 0.369 e. The van der Waals surface area contributed by atoms with Crippen LogP contribution in [0.2, 0.25) is 0 Å². The molecule has 82 valence electrons. The Morgan fingerprint density at radius 3 is 2.80 bits per heavy atom. The molecule has 15 heavy (non-hydrogen) atoms. The number of nitrogens with two attached hydrogens (primary N) is 1. The summed E-state index contributed by atoms with van der Waals surface area (Å²) in [6.45, 7) is 4.05. The highest BCUT2D eigenvalue weighted by Gasteiger charge is 2.24. The lowest BCUT2D eigenvalue weighted by atomic mass is 9.93. The van der Waals surface area contributed by atoms with Crippen molar-refractivity contribution in [1.29, 1.82) is 0 Å². The van der Waals surface area contributed by atoms with Crippen LogP contribution in [-0.2, 0) is 4.79 Å². The smallest absolute Gasteiger partial charge is 0.224 e. The van der Waals surface area contributed by atoms with Crippen LogP contribution in [0.15, 0.2) is 22.8 Å². The van der Waals surface area contributed by atoms with Crippen molar-refractivity contribution in [2.75, 3.05) is 11.9 Å². The van der Waals surface area contributed by atoms with E-state index in [9.17, 15) is 4.79 Å². The molecule has 0 fully saturated rings. The van der Waals surface area contributed by atoms with E-state index in [2.05, 4.69) is 26.2 Å². The summed E-state index contributed by atoms with van der Waals surface area (Å²) in [4.78, 5) is 15.3. The highest BCUT2D eigenvalue weighted by atomic mass is 79.9. The van der Waals surface area contributed by atoms with Gasteiger partial charge in [-0.2, -0.15) is 0 Å². The van der Waals surface area contributed by atoms with Crippen molar-refractivity contribution in [3.8, 4) is 0 Å². The van der Waals surface area contributed by atoms with Gasteiger partial charge >= 0.3 is 0 Å². The van der Waals surface area contributed by atoms with Crippen LogP contribution in [-0.4, -0.2) is 17.4 Å². The average Bonchev–Trinajstić information content (AvgIpc) is 2.15. The molecule has 0 aliphatic heterocycles. The fraction of sp³-hybridized carbons (Fsp3) is 0.400. The quantitative estimate of drug-likeness (QED) is 0.821. The standard InChI is InChI=1S/C10H14BrN3O/c1-10(2,9(12)15)6-13-8-5-3-4-7(11)14-8/h3-5H,6H2,1-2H3,(H2,12,15)(H,13,14). The fourth-order valence-electron chi connectivity index (χ4n) is 0.905. The molecule has 1 rings (SSSR count). The first kappa shape index (κ1) is 12.0. The van der Waals surface area contributed by atoms with Crippen molar-refractivity contribution < 1.29 is 4.79 Å². The molecule has 3 N–H and O–H groups in total. The molecule has 4 nitrogen and oxygen atoms in total. The normalized spacial score (nSPS) is 11.1. The van der Waals surface area contributed by atoms with Crippen LogP contribution in [0.25, 0.3) is 0 Å². The zero-order valence-electron chi connectivity index (χ0n) is 8.75. The van der Waals surface area contributed by atoms with E-state index in [0.29, 0.717) is 6.54 Å². The topological polar surface area (TPSA) is 68.0 Å². The van der Waals surface area contributed by atoms with Gasteiger partial charge in [0.05, 0.1) is 5.41 Å². The SMILES string of the molecule is CC(C)(CNc1cccc(Br)n1)C(N)=O. The van der Waals surface area contributed by atoms with Gasteiger partial charge in [0.2, 0.25) is 5.91 Å². The molecule has 0 bridgehead atoms. The molecule has 1 amide bonds. The zero-order valence-corrected chi connectivity index (χ0v) is 10.3. The van der Waals surface area contributed by atoms with E-state index in [0.717, 1.165) is 10.4 Å². The Morgan fingerprint density at radius 2 is 2.27 bits per heavy atom. The number of amides is 1. The number of primary amides is 1. The Kier molecular flexibility index (Phi) is 3.68. The second-order valence-electron chi connectivity index (χ2n) is 3.95. The molecule has 0 spiro atoms. The van der Waals surface area contributed by atoms with Crippen LogP contribution in [0.4, 0.5) is 5.82 Å². The highest BCUT2D eigenvalue weighted by molar-refractivity contribution is 9.10. The number of carbonyl (C=O) groups is 1. The van der Waals surface area contributed by atoms with Crippen molar-refractivity contribution in [3.63, 3.8) is 0 Å².